The number of ether oxygens (including phenoxy) is 1. The van der Waals surface area contributed by atoms with Gasteiger partial charge < -0.3 is 14.5 Å². The third-order valence-corrected chi connectivity index (χ3v) is 17.0. The molecule has 5 nitrogen and oxygen atoms in total. The summed E-state index contributed by atoms with van der Waals surface area (Å²) in [6.45, 7) is 34.3. The number of para-hydroxylation sites is 3. The van der Waals surface area contributed by atoms with Crippen LogP contribution in [0.1, 0.15) is 156 Å². The first kappa shape index (κ1) is 59.5. The third-order valence-electron chi connectivity index (χ3n) is 17.0. The molecule has 0 spiro atoms. The fraction of sp³-hybridized carbons (Fsp3) is 0.303. The fourth-order valence-electron chi connectivity index (χ4n) is 11.8. The zero-order valence-electron chi connectivity index (χ0n) is 52.4. The molecule has 2 aromatic heterocycles. The molecule has 10 aromatic rings. The van der Waals surface area contributed by atoms with Crippen molar-refractivity contribution in [2.24, 2.45) is 0 Å². The highest BCUT2D eigenvalue weighted by Crippen LogP contribution is 2.54. The van der Waals surface area contributed by atoms with E-state index < -0.39 is 40.1 Å². The van der Waals surface area contributed by atoms with Crippen LogP contribution in [0.2, 0.25) is 0 Å². The van der Waals surface area contributed by atoms with E-state index in [0.717, 1.165) is 72.4 Å². The summed E-state index contributed by atoms with van der Waals surface area (Å²) in [4.78, 5) is 9.03. The van der Waals surface area contributed by atoms with Gasteiger partial charge in [-0.05, 0) is 150 Å². The predicted molar refractivity (Wildman–Crippen MR) is 346 cm³/mol. The lowest BCUT2D eigenvalue weighted by Crippen LogP contribution is -2.25. The second-order valence-electron chi connectivity index (χ2n) is 28.1. The Labute approximate surface area is 504 Å². The van der Waals surface area contributed by atoms with Crippen molar-refractivity contribution in [3.63, 3.8) is 0 Å². The van der Waals surface area contributed by atoms with Gasteiger partial charge in [-0.1, -0.05) is 178 Å². The second kappa shape index (κ2) is 21.6. The number of nitrogens with zero attached hydrogens (tertiary/aromatic N) is 4. The molecular weight excluding hydrogens is 1080 g/mol. The van der Waals surface area contributed by atoms with Crippen molar-refractivity contribution in [3.05, 3.63) is 214 Å². The molecule has 0 saturated carbocycles. The van der Waals surface area contributed by atoms with Gasteiger partial charge in [-0.25, -0.2) is 26.9 Å². The van der Waals surface area contributed by atoms with Gasteiger partial charge in [0.05, 0.1) is 33.7 Å². The van der Waals surface area contributed by atoms with Gasteiger partial charge in [0.15, 0.2) is 23.3 Å². The summed E-state index contributed by atoms with van der Waals surface area (Å²) in [5, 5.41) is 2.13. The summed E-state index contributed by atoms with van der Waals surface area (Å²) < 4.78 is 89.9. The quantitative estimate of drug-likeness (QED) is 0.0776. The summed E-state index contributed by atoms with van der Waals surface area (Å²) in [5.41, 5.74) is 11.5. The molecule has 0 unspecified atom stereocenters. The van der Waals surface area contributed by atoms with Crippen LogP contribution in [-0.2, 0) is 21.7 Å². The van der Waals surface area contributed by atoms with Crippen LogP contribution in [0.5, 0.6) is 11.5 Å². The van der Waals surface area contributed by atoms with Gasteiger partial charge in [-0.3, -0.25) is 4.57 Å². The van der Waals surface area contributed by atoms with E-state index in [1.165, 1.54) is 11.1 Å². The van der Waals surface area contributed by atoms with Crippen LogP contribution in [0, 0.1) is 29.1 Å². The highest BCUT2D eigenvalue weighted by atomic mass is 19.2. The predicted octanol–water partition coefficient (Wildman–Crippen LogP) is 22.4. The molecule has 0 amide bonds. The van der Waals surface area contributed by atoms with Crippen molar-refractivity contribution in [2.45, 2.75) is 144 Å². The number of anilines is 4. The monoisotopic (exact) mass is 1160 g/mol. The molecule has 3 heterocycles. The van der Waals surface area contributed by atoms with Crippen LogP contribution in [0.4, 0.5) is 44.7 Å². The number of benzene rings is 8. The van der Waals surface area contributed by atoms with Gasteiger partial charge in [0.2, 0.25) is 5.82 Å². The lowest BCUT2D eigenvalue weighted by atomic mass is 9.79. The number of hydrogen-bond acceptors (Lipinski definition) is 4. The average molecular weight is 1160 g/mol. The number of aromatic nitrogens is 2. The standard InChI is InChI=1S/C76H77F5N4O/c1-43(2)45-29-46(44(3)4)31-49(30-45)59-37-53(76(14,15)16)38-60(66-67(77)69(79)71(81)70(80)68(66)78)72(59)84-42-83(62-23-19-20-24-63(62)84)54-34-48(47-32-51(74(8,9)10)36-52(33-47)75(11,12)13)35-56(40-54)86-55-25-26-58-57-21-17-18-22-61(57)85(64(58)41-55)65-39-50(27-28-82-65)73(5,6)7/h17-41,43-44H,42H2,1-16H3. The summed E-state index contributed by atoms with van der Waals surface area (Å²) in [7, 11) is 0. The van der Waals surface area contributed by atoms with Gasteiger partial charge in [0.25, 0.3) is 0 Å². The highest BCUT2D eigenvalue weighted by molar-refractivity contribution is 6.09. The molecule has 0 N–H and O–H groups in total. The van der Waals surface area contributed by atoms with Crippen molar-refractivity contribution in [3.8, 4) is 50.7 Å². The molecule has 0 aliphatic carbocycles. The van der Waals surface area contributed by atoms with E-state index in [9.17, 15) is 0 Å². The minimum atomic E-state index is -2.22. The van der Waals surface area contributed by atoms with Crippen LogP contribution in [0.15, 0.2) is 152 Å². The first-order valence-corrected chi connectivity index (χ1v) is 29.9. The summed E-state index contributed by atoms with van der Waals surface area (Å²) in [6.07, 6.45) is 1.87. The van der Waals surface area contributed by atoms with Gasteiger partial charge in [-0.2, -0.15) is 0 Å². The fourth-order valence-corrected chi connectivity index (χ4v) is 11.8. The molecule has 11 rings (SSSR count). The van der Waals surface area contributed by atoms with Gasteiger partial charge in [0.1, 0.15) is 24.0 Å². The van der Waals surface area contributed by atoms with Crippen LogP contribution in [0.25, 0.3) is 61.0 Å². The normalized spacial score (nSPS) is 13.3. The van der Waals surface area contributed by atoms with Gasteiger partial charge in [0, 0.05) is 45.9 Å². The Bertz CT molecular complexity index is 4230. The maximum atomic E-state index is 16.9. The van der Waals surface area contributed by atoms with E-state index in [1.807, 2.05) is 86.5 Å². The number of pyridine rings is 1. The van der Waals surface area contributed by atoms with E-state index in [0.29, 0.717) is 34.0 Å². The number of rotatable bonds is 10. The molecule has 0 atom stereocenters. The molecule has 1 aliphatic rings. The number of hydrogen-bond donors (Lipinski definition) is 0. The second-order valence-corrected chi connectivity index (χ2v) is 28.1. The molecule has 0 radical (unpaired) electrons. The Balaban J connectivity index is 1.16. The molecule has 1 aliphatic heterocycles. The Morgan fingerprint density at radius 1 is 0.430 bits per heavy atom. The first-order valence-electron chi connectivity index (χ1n) is 29.9. The van der Waals surface area contributed by atoms with Crippen LogP contribution >= 0.6 is 0 Å². The molecule has 86 heavy (non-hydrogen) atoms. The largest absolute Gasteiger partial charge is 0.457 e. The summed E-state index contributed by atoms with van der Waals surface area (Å²) in [5.74, 6) is -7.92. The van der Waals surface area contributed by atoms with Crippen molar-refractivity contribution >= 4 is 44.6 Å². The van der Waals surface area contributed by atoms with E-state index in [4.69, 9.17) is 9.72 Å². The van der Waals surface area contributed by atoms with Crippen LogP contribution < -0.4 is 14.5 Å². The Morgan fingerprint density at radius 3 is 1.55 bits per heavy atom. The SMILES string of the molecule is CC(C)c1cc(-c2cc(C(C)(C)C)cc(-c3c(F)c(F)c(F)c(F)c3F)c2N2CN(c3cc(Oc4ccc5c6ccccc6n(-c6cc(C(C)(C)C)ccn6)c5c4)cc(-c4cc(C(C)(C)C)cc(C(C)(C)C)c4)c3)c3ccccc32)cc(C(C)C)c1. The topological polar surface area (TPSA) is 33.5 Å². The van der Waals surface area contributed by atoms with Crippen LogP contribution in [0.3, 0.4) is 0 Å². The molecule has 8 aromatic carbocycles. The average Bonchev–Trinajstić information content (AvgIpc) is 1.42. The Kier molecular flexibility index (Phi) is 15.0. The molecule has 442 valence electrons. The van der Waals surface area contributed by atoms with E-state index in [1.54, 1.807) is 6.07 Å². The third kappa shape index (κ3) is 10.9. The maximum absolute atomic E-state index is 16.9. The zero-order chi connectivity index (χ0) is 61.9. The highest BCUT2D eigenvalue weighted by Gasteiger charge is 2.37. The molecule has 0 fully saturated rings. The zero-order valence-corrected chi connectivity index (χ0v) is 52.4. The van der Waals surface area contributed by atoms with Crippen molar-refractivity contribution in [1.29, 1.82) is 0 Å². The Morgan fingerprint density at radius 2 is 0.953 bits per heavy atom. The lowest BCUT2D eigenvalue weighted by molar-refractivity contribution is 0.381. The summed E-state index contributed by atoms with van der Waals surface area (Å²) in [6, 6.07) is 49.5. The minimum Gasteiger partial charge on any atom is -0.457 e. The number of halogens is 5. The van der Waals surface area contributed by atoms with Crippen molar-refractivity contribution < 1.29 is 26.7 Å². The lowest BCUT2D eigenvalue weighted by Gasteiger charge is -2.31. The van der Waals surface area contributed by atoms with Gasteiger partial charge >= 0.3 is 0 Å². The first-order chi connectivity index (χ1) is 40.4. The minimum absolute atomic E-state index is 0.0649. The Hall–Kier alpha value is -8.24. The maximum Gasteiger partial charge on any atom is 0.200 e. The van der Waals surface area contributed by atoms with Crippen molar-refractivity contribution in [1.82, 2.24) is 9.55 Å². The van der Waals surface area contributed by atoms with E-state index in [2.05, 4.69) is 184 Å². The van der Waals surface area contributed by atoms with E-state index in [-0.39, 0.29) is 40.3 Å². The van der Waals surface area contributed by atoms with Crippen molar-refractivity contribution in [2.75, 3.05) is 16.5 Å². The molecule has 10 heteroatoms. The number of fused-ring (bicyclic) bond motifs is 4. The smallest absolute Gasteiger partial charge is 0.200 e. The summed E-state index contributed by atoms with van der Waals surface area (Å²) >= 11 is 0. The molecule has 0 saturated heterocycles. The molecular formula is C76H77F5N4O. The van der Waals surface area contributed by atoms with Gasteiger partial charge in [-0.15, -0.1) is 0 Å². The van der Waals surface area contributed by atoms with E-state index >= 15 is 22.0 Å². The van der Waals surface area contributed by atoms with Crippen LogP contribution in [-0.4, -0.2) is 16.2 Å². The molecule has 0 bridgehead atoms.